The Labute approximate surface area is 167 Å². The highest BCUT2D eigenvalue weighted by Crippen LogP contribution is 2.26. The van der Waals surface area contributed by atoms with Crippen molar-refractivity contribution in [2.75, 3.05) is 0 Å². The van der Waals surface area contributed by atoms with Crippen LogP contribution in [-0.2, 0) is 13.5 Å². The molecule has 7 heteroatoms. The normalized spacial score (nSPS) is 11.6. The van der Waals surface area contributed by atoms with Gasteiger partial charge in [0.1, 0.15) is 11.3 Å². The Hall–Kier alpha value is -3.74. The maximum Gasteiger partial charge on any atom is 0.272 e. The Bertz CT molecular complexity index is 1380. The molecular formula is C22H20N6O. The van der Waals surface area contributed by atoms with Gasteiger partial charge in [-0.15, -0.1) is 10.2 Å². The van der Waals surface area contributed by atoms with Crippen LogP contribution in [-0.4, -0.2) is 34.6 Å². The van der Waals surface area contributed by atoms with Gasteiger partial charge in [-0.25, -0.2) is 4.68 Å². The summed E-state index contributed by atoms with van der Waals surface area (Å²) in [5.41, 5.74) is 6.62. The van der Waals surface area contributed by atoms with Gasteiger partial charge >= 0.3 is 0 Å². The third-order valence-corrected chi connectivity index (χ3v) is 5.42. The Morgan fingerprint density at radius 1 is 1.00 bits per heavy atom. The summed E-state index contributed by atoms with van der Waals surface area (Å²) in [7, 11) is 1.98. The first kappa shape index (κ1) is 17.4. The lowest BCUT2D eigenvalue weighted by Crippen LogP contribution is -2.07. The molecule has 2 aromatic carbocycles. The average molecular weight is 384 g/mol. The van der Waals surface area contributed by atoms with Crippen molar-refractivity contribution in [3.8, 4) is 11.7 Å². The average Bonchev–Trinajstić information content (AvgIpc) is 3.17. The Morgan fingerprint density at radius 3 is 2.66 bits per heavy atom. The van der Waals surface area contributed by atoms with Crippen LogP contribution in [0.1, 0.15) is 22.5 Å². The van der Waals surface area contributed by atoms with Crippen LogP contribution in [0.3, 0.4) is 0 Å². The van der Waals surface area contributed by atoms with Crippen molar-refractivity contribution in [3.05, 3.63) is 71.0 Å². The number of hydrogen-bond acceptors (Lipinski definition) is 5. The second kappa shape index (κ2) is 6.41. The minimum absolute atomic E-state index is 0.263. The van der Waals surface area contributed by atoms with Crippen molar-refractivity contribution in [2.45, 2.75) is 20.3 Å². The number of phenols is 1. The van der Waals surface area contributed by atoms with E-state index in [0.717, 1.165) is 44.6 Å². The minimum atomic E-state index is 0.263. The number of rotatable bonds is 3. The Kier molecular flexibility index (Phi) is 3.84. The third kappa shape index (κ3) is 2.74. The summed E-state index contributed by atoms with van der Waals surface area (Å²) in [6.07, 6.45) is 0.676. The first-order valence-electron chi connectivity index (χ1n) is 9.44. The first-order chi connectivity index (χ1) is 14.0. The molecule has 29 heavy (non-hydrogen) atoms. The lowest BCUT2D eigenvalue weighted by molar-refractivity contribution is 0.474. The van der Waals surface area contributed by atoms with Crippen LogP contribution in [0.15, 0.2) is 48.5 Å². The van der Waals surface area contributed by atoms with Crippen molar-refractivity contribution in [1.29, 1.82) is 0 Å². The Morgan fingerprint density at radius 2 is 1.83 bits per heavy atom. The molecule has 5 aromatic rings. The third-order valence-electron chi connectivity index (χ3n) is 5.42. The van der Waals surface area contributed by atoms with E-state index in [1.165, 1.54) is 0 Å². The molecule has 0 aliphatic heterocycles. The molecular weight excluding hydrogens is 364 g/mol. The van der Waals surface area contributed by atoms with Gasteiger partial charge in [-0.2, -0.15) is 10.1 Å². The van der Waals surface area contributed by atoms with Gasteiger partial charge in [-0.3, -0.25) is 0 Å². The van der Waals surface area contributed by atoms with Crippen LogP contribution < -0.4 is 0 Å². The highest BCUT2D eigenvalue weighted by atomic mass is 16.3. The summed E-state index contributed by atoms with van der Waals surface area (Å²) in [5, 5.41) is 24.3. The van der Waals surface area contributed by atoms with E-state index in [9.17, 15) is 5.11 Å². The van der Waals surface area contributed by atoms with Crippen molar-refractivity contribution in [1.82, 2.24) is 29.5 Å². The molecule has 3 aromatic heterocycles. The first-order valence-corrected chi connectivity index (χ1v) is 9.44. The van der Waals surface area contributed by atoms with Crippen LogP contribution in [0, 0.1) is 13.8 Å². The molecule has 0 radical (unpaired) electrons. The molecule has 3 heterocycles. The molecule has 0 saturated carbocycles. The number of para-hydroxylation sites is 1. The van der Waals surface area contributed by atoms with Crippen LogP contribution >= 0.6 is 0 Å². The quantitative estimate of drug-likeness (QED) is 0.514. The summed E-state index contributed by atoms with van der Waals surface area (Å²) in [6.45, 7) is 3.98. The number of benzene rings is 2. The van der Waals surface area contributed by atoms with Crippen LogP contribution in [0.5, 0.6) is 5.75 Å². The lowest BCUT2D eigenvalue weighted by Gasteiger charge is -2.05. The van der Waals surface area contributed by atoms with Gasteiger partial charge in [-0.05, 0) is 37.6 Å². The summed E-state index contributed by atoms with van der Waals surface area (Å²) in [4.78, 5) is 4.77. The molecule has 0 fully saturated rings. The van der Waals surface area contributed by atoms with Gasteiger partial charge < -0.3 is 9.67 Å². The maximum absolute atomic E-state index is 9.75. The van der Waals surface area contributed by atoms with Crippen LogP contribution in [0.4, 0.5) is 0 Å². The van der Waals surface area contributed by atoms with Gasteiger partial charge in [-0.1, -0.05) is 30.3 Å². The van der Waals surface area contributed by atoms with Crippen molar-refractivity contribution in [3.63, 3.8) is 0 Å². The van der Waals surface area contributed by atoms with Crippen LogP contribution in [0.2, 0.25) is 0 Å². The molecule has 5 rings (SSSR count). The van der Waals surface area contributed by atoms with E-state index in [1.54, 1.807) is 16.8 Å². The van der Waals surface area contributed by atoms with Crippen LogP contribution in [0.25, 0.3) is 28.0 Å². The topological polar surface area (TPSA) is 81.7 Å². The second-order valence-corrected chi connectivity index (χ2v) is 7.27. The predicted octanol–water partition coefficient (Wildman–Crippen LogP) is 3.62. The SMILES string of the molecule is Cc1nn(-c2nnc3c4ccccc4n(C)c3n2)c(C)c1Cc1cccc(O)c1. The Balaban J connectivity index is 1.62. The molecule has 0 atom stereocenters. The van der Waals surface area contributed by atoms with E-state index in [2.05, 4.69) is 21.4 Å². The fourth-order valence-electron chi connectivity index (χ4n) is 3.88. The number of fused-ring (bicyclic) bond motifs is 3. The summed E-state index contributed by atoms with van der Waals surface area (Å²) in [5.74, 6) is 0.713. The number of phenolic OH excluding ortho intramolecular Hbond substituents is 1. The summed E-state index contributed by atoms with van der Waals surface area (Å²) >= 11 is 0. The zero-order valence-corrected chi connectivity index (χ0v) is 16.5. The fraction of sp³-hybridized carbons (Fsp3) is 0.182. The number of hydrogen-bond donors (Lipinski definition) is 1. The second-order valence-electron chi connectivity index (χ2n) is 7.27. The zero-order chi connectivity index (χ0) is 20.1. The molecule has 144 valence electrons. The van der Waals surface area contributed by atoms with Gasteiger partial charge in [0.25, 0.3) is 5.95 Å². The minimum Gasteiger partial charge on any atom is -0.508 e. The molecule has 0 bridgehead atoms. The number of aromatic hydroxyl groups is 1. The number of aryl methyl sites for hydroxylation is 2. The molecule has 0 aliphatic carbocycles. The zero-order valence-electron chi connectivity index (χ0n) is 16.5. The molecule has 0 unspecified atom stereocenters. The highest BCUT2D eigenvalue weighted by molar-refractivity contribution is 6.03. The van der Waals surface area contributed by atoms with E-state index in [1.807, 2.05) is 55.8 Å². The fourth-order valence-corrected chi connectivity index (χ4v) is 3.88. The maximum atomic E-state index is 9.75. The monoisotopic (exact) mass is 384 g/mol. The number of aromatic nitrogens is 6. The molecule has 7 nitrogen and oxygen atoms in total. The largest absolute Gasteiger partial charge is 0.508 e. The number of nitrogens with zero attached hydrogens (tertiary/aromatic N) is 6. The summed E-state index contributed by atoms with van der Waals surface area (Å²) < 4.78 is 3.78. The summed E-state index contributed by atoms with van der Waals surface area (Å²) in [6, 6.07) is 15.4. The standard InChI is InChI=1S/C22H20N6O/c1-13-18(12-15-7-6-8-16(29)11-15)14(2)28(26-13)22-23-21-20(24-25-22)17-9-4-5-10-19(17)27(21)3/h4-11,29H,12H2,1-3H3. The van der Waals surface area contributed by atoms with Crippen molar-refractivity contribution in [2.24, 2.45) is 7.05 Å². The molecule has 1 N–H and O–H groups in total. The van der Waals surface area contributed by atoms with Gasteiger partial charge in [0.05, 0.1) is 11.2 Å². The van der Waals surface area contributed by atoms with Gasteiger partial charge in [0.2, 0.25) is 0 Å². The molecule has 0 amide bonds. The molecule has 0 saturated heterocycles. The van der Waals surface area contributed by atoms with Gasteiger partial charge in [0.15, 0.2) is 5.65 Å². The van der Waals surface area contributed by atoms with E-state index in [4.69, 9.17) is 4.98 Å². The van der Waals surface area contributed by atoms with E-state index >= 15 is 0 Å². The van der Waals surface area contributed by atoms with E-state index in [-0.39, 0.29) is 5.75 Å². The molecule has 0 aliphatic rings. The van der Waals surface area contributed by atoms with E-state index < -0.39 is 0 Å². The highest BCUT2D eigenvalue weighted by Gasteiger charge is 2.18. The predicted molar refractivity (Wildman–Crippen MR) is 111 cm³/mol. The smallest absolute Gasteiger partial charge is 0.272 e. The van der Waals surface area contributed by atoms with Crippen molar-refractivity contribution < 1.29 is 5.11 Å². The van der Waals surface area contributed by atoms with E-state index in [0.29, 0.717) is 12.4 Å². The van der Waals surface area contributed by atoms with Crippen molar-refractivity contribution >= 4 is 22.1 Å². The lowest BCUT2D eigenvalue weighted by atomic mass is 10.0. The molecule has 0 spiro atoms. The van der Waals surface area contributed by atoms with Gasteiger partial charge in [0, 0.05) is 30.1 Å².